The third kappa shape index (κ3) is 2.97. The van der Waals surface area contributed by atoms with Crippen molar-refractivity contribution in [2.45, 2.75) is 31.7 Å². The van der Waals surface area contributed by atoms with Crippen molar-refractivity contribution in [1.29, 1.82) is 0 Å². The fourth-order valence-electron chi connectivity index (χ4n) is 4.22. The average molecular weight is 404 g/mol. The Kier molecular flexibility index (Phi) is 4.40. The topological polar surface area (TPSA) is 63.0 Å². The van der Waals surface area contributed by atoms with Crippen LogP contribution in [0.25, 0.3) is 0 Å². The van der Waals surface area contributed by atoms with E-state index in [1.54, 1.807) is 44.2 Å². The van der Waals surface area contributed by atoms with Crippen molar-refractivity contribution in [3.8, 4) is 5.75 Å². The van der Waals surface area contributed by atoms with Crippen molar-refractivity contribution < 1.29 is 27.5 Å². The molecule has 29 heavy (non-hydrogen) atoms. The van der Waals surface area contributed by atoms with Gasteiger partial charge in [0.1, 0.15) is 17.3 Å². The first-order valence-electron chi connectivity index (χ1n) is 9.33. The highest BCUT2D eigenvalue weighted by atomic mass is 19.2. The monoisotopic (exact) mass is 404 g/mol. The van der Waals surface area contributed by atoms with E-state index in [-0.39, 0.29) is 12.1 Å². The molecule has 1 aromatic heterocycles. The second-order valence-electron chi connectivity index (χ2n) is 7.77. The van der Waals surface area contributed by atoms with Gasteiger partial charge in [-0.15, -0.1) is 0 Å². The zero-order chi connectivity index (χ0) is 21.0. The predicted molar refractivity (Wildman–Crippen MR) is 100 cm³/mol. The third-order valence-corrected chi connectivity index (χ3v) is 5.69. The molecule has 0 spiro atoms. The number of ether oxygens (including phenoxy) is 1. The van der Waals surface area contributed by atoms with Gasteiger partial charge < -0.3 is 19.0 Å². The molecule has 0 saturated carbocycles. The van der Waals surface area contributed by atoms with Crippen molar-refractivity contribution in [2.75, 3.05) is 26.7 Å². The van der Waals surface area contributed by atoms with Gasteiger partial charge in [-0.3, -0.25) is 9.59 Å². The summed E-state index contributed by atoms with van der Waals surface area (Å²) in [6.45, 7) is 1.88. The summed E-state index contributed by atoms with van der Waals surface area (Å²) in [4.78, 5) is 27.7. The summed E-state index contributed by atoms with van der Waals surface area (Å²) in [6.07, 6.45) is 0. The number of nitrogens with zero attached hydrogens (tertiary/aromatic N) is 2. The first-order chi connectivity index (χ1) is 13.7. The van der Waals surface area contributed by atoms with Crippen molar-refractivity contribution in [1.82, 2.24) is 9.80 Å². The Balaban J connectivity index is 1.54. The molecule has 0 N–H and O–H groups in total. The van der Waals surface area contributed by atoms with E-state index in [1.807, 2.05) is 0 Å². The number of hydrogen-bond donors (Lipinski definition) is 0. The molecule has 3 heterocycles. The second kappa shape index (κ2) is 6.57. The molecule has 2 fully saturated rings. The quantitative estimate of drug-likeness (QED) is 0.786. The third-order valence-electron chi connectivity index (χ3n) is 5.69. The Bertz CT molecular complexity index is 991. The van der Waals surface area contributed by atoms with Crippen molar-refractivity contribution >= 4 is 11.8 Å². The summed E-state index contributed by atoms with van der Waals surface area (Å²) in [5.74, 6) is 0.0574. The lowest BCUT2D eigenvalue weighted by atomic mass is 9.93. The first-order valence-corrected chi connectivity index (χ1v) is 9.33. The molecule has 154 valence electrons. The van der Waals surface area contributed by atoms with Crippen molar-refractivity contribution in [2.24, 2.45) is 0 Å². The van der Waals surface area contributed by atoms with E-state index >= 15 is 8.78 Å². The molecular weight excluding hydrogens is 382 g/mol. The minimum Gasteiger partial charge on any atom is -0.497 e. The van der Waals surface area contributed by atoms with Crippen LogP contribution in [0.15, 0.2) is 34.7 Å². The number of carbonyl (C=O) groups is 2. The molecule has 6 nitrogen and oxygen atoms in total. The fraction of sp³-hybridized carbons (Fsp3) is 0.429. The SMILES string of the molecule is COc1cccc(CN2C[C@@]3(F)CN(C(=O)c4cc(C)oc4C)C[C@@]3(F)C2=O)c1. The van der Waals surface area contributed by atoms with Crippen LogP contribution in [-0.4, -0.2) is 59.7 Å². The summed E-state index contributed by atoms with van der Waals surface area (Å²) in [5.41, 5.74) is -4.24. The van der Waals surface area contributed by atoms with Crippen molar-refractivity contribution in [3.05, 3.63) is 53.0 Å². The van der Waals surface area contributed by atoms with E-state index in [2.05, 4.69) is 0 Å². The van der Waals surface area contributed by atoms with Gasteiger partial charge >= 0.3 is 0 Å². The summed E-state index contributed by atoms with van der Waals surface area (Å²) >= 11 is 0. The largest absolute Gasteiger partial charge is 0.497 e. The number of carbonyl (C=O) groups excluding carboxylic acids is 2. The molecule has 1 aromatic carbocycles. The van der Waals surface area contributed by atoms with Gasteiger partial charge in [-0.1, -0.05) is 12.1 Å². The maximum absolute atomic E-state index is 15.6. The molecule has 2 atom stereocenters. The standard InChI is InChI=1S/C21H22F2N2O4/c1-13-7-17(14(2)29-13)18(26)25-11-20(22)10-24(19(27)21(20,23)12-25)9-15-5-4-6-16(8-15)28-3/h4-8H,9-12H2,1-3H3/t20-,21-/m1/s1. The maximum atomic E-state index is 15.6. The molecule has 2 amide bonds. The van der Waals surface area contributed by atoms with Gasteiger partial charge in [0, 0.05) is 6.54 Å². The lowest BCUT2D eigenvalue weighted by Gasteiger charge is -2.22. The van der Waals surface area contributed by atoms with Crippen LogP contribution >= 0.6 is 0 Å². The van der Waals surface area contributed by atoms with Crippen LogP contribution in [0.5, 0.6) is 5.75 Å². The van der Waals surface area contributed by atoms with E-state index in [0.717, 1.165) is 4.90 Å². The number of alkyl halides is 2. The minimum atomic E-state index is -2.76. The predicted octanol–water partition coefficient (Wildman–Crippen LogP) is 2.82. The molecule has 4 rings (SSSR count). The number of rotatable bonds is 4. The van der Waals surface area contributed by atoms with Crippen LogP contribution < -0.4 is 4.74 Å². The normalized spacial score (nSPS) is 26.2. The Morgan fingerprint density at radius 2 is 1.97 bits per heavy atom. The Labute approximate surface area is 167 Å². The van der Waals surface area contributed by atoms with E-state index in [0.29, 0.717) is 22.8 Å². The number of fused-ring (bicyclic) bond motifs is 1. The number of halogens is 2. The molecule has 2 aliphatic heterocycles. The molecule has 0 aliphatic carbocycles. The summed E-state index contributed by atoms with van der Waals surface area (Å²) in [5, 5.41) is 0. The number of amides is 2. The van der Waals surface area contributed by atoms with Gasteiger partial charge in [-0.25, -0.2) is 8.78 Å². The molecule has 2 aliphatic rings. The molecule has 0 radical (unpaired) electrons. The Hall–Kier alpha value is -2.90. The average Bonchev–Trinajstić information content (AvgIpc) is 3.21. The van der Waals surface area contributed by atoms with Crippen LogP contribution in [0.3, 0.4) is 0 Å². The fourth-order valence-corrected chi connectivity index (χ4v) is 4.22. The highest BCUT2D eigenvalue weighted by Crippen LogP contribution is 2.46. The van der Waals surface area contributed by atoms with E-state index in [9.17, 15) is 9.59 Å². The van der Waals surface area contributed by atoms with Crippen LogP contribution in [0.2, 0.25) is 0 Å². The van der Waals surface area contributed by atoms with Gasteiger partial charge in [-0.2, -0.15) is 0 Å². The Morgan fingerprint density at radius 3 is 2.59 bits per heavy atom. The summed E-state index contributed by atoms with van der Waals surface area (Å²) < 4.78 is 41.7. The number of hydrogen-bond acceptors (Lipinski definition) is 4. The summed E-state index contributed by atoms with van der Waals surface area (Å²) in [6, 6.07) is 8.52. The van der Waals surface area contributed by atoms with Crippen LogP contribution in [0.4, 0.5) is 8.78 Å². The van der Waals surface area contributed by atoms with Gasteiger partial charge in [0.05, 0.1) is 32.3 Å². The van der Waals surface area contributed by atoms with Crippen molar-refractivity contribution in [3.63, 3.8) is 0 Å². The number of methoxy groups -OCH3 is 1. The lowest BCUT2D eigenvalue weighted by Crippen LogP contribution is -2.47. The van der Waals surface area contributed by atoms with Gasteiger partial charge in [0.2, 0.25) is 5.67 Å². The van der Waals surface area contributed by atoms with Gasteiger partial charge in [0.25, 0.3) is 11.8 Å². The first kappa shape index (κ1) is 19.4. The molecule has 8 heteroatoms. The molecular formula is C21H22F2N2O4. The maximum Gasteiger partial charge on any atom is 0.266 e. The number of furan rings is 1. The zero-order valence-electron chi connectivity index (χ0n) is 16.5. The highest BCUT2D eigenvalue weighted by Gasteiger charge is 2.71. The van der Waals surface area contributed by atoms with E-state index < -0.39 is 42.8 Å². The summed E-state index contributed by atoms with van der Waals surface area (Å²) in [7, 11) is 1.52. The smallest absolute Gasteiger partial charge is 0.266 e. The zero-order valence-corrected chi connectivity index (χ0v) is 16.5. The van der Waals surface area contributed by atoms with Gasteiger partial charge in [-0.05, 0) is 37.6 Å². The van der Waals surface area contributed by atoms with Gasteiger partial charge in [0.15, 0.2) is 5.67 Å². The molecule has 0 unspecified atom stereocenters. The van der Waals surface area contributed by atoms with E-state index in [4.69, 9.17) is 9.15 Å². The van der Waals surface area contributed by atoms with Crippen LogP contribution in [0.1, 0.15) is 27.4 Å². The molecule has 2 aromatic rings. The molecule has 2 saturated heterocycles. The second-order valence-corrected chi connectivity index (χ2v) is 7.77. The Morgan fingerprint density at radius 1 is 1.21 bits per heavy atom. The minimum absolute atomic E-state index is 0.0708. The lowest BCUT2D eigenvalue weighted by molar-refractivity contribution is -0.139. The highest BCUT2D eigenvalue weighted by molar-refractivity contribution is 5.98. The van der Waals surface area contributed by atoms with Crippen LogP contribution in [0, 0.1) is 13.8 Å². The van der Waals surface area contributed by atoms with Crippen LogP contribution in [-0.2, 0) is 11.3 Å². The molecule has 0 bridgehead atoms. The number of likely N-dealkylation sites (tertiary alicyclic amines) is 2. The van der Waals surface area contributed by atoms with E-state index in [1.165, 1.54) is 12.0 Å². The number of benzene rings is 1. The number of aryl methyl sites for hydroxylation is 2.